The van der Waals surface area contributed by atoms with E-state index in [0.29, 0.717) is 18.8 Å². The quantitative estimate of drug-likeness (QED) is 0.390. The molecule has 0 bridgehead atoms. The van der Waals surface area contributed by atoms with Gasteiger partial charge < -0.3 is 13.9 Å². The zero-order valence-electron chi connectivity index (χ0n) is 17.0. The molecular weight excluding hydrogens is 462 g/mol. The third-order valence-corrected chi connectivity index (χ3v) is 10.5. The number of hydrogen-bond donors (Lipinski definition) is 0. The van der Waals surface area contributed by atoms with Gasteiger partial charge in [0.1, 0.15) is 8.24 Å². The molecule has 140 valence electrons. The molecular formula is C19H29BrN2O2SiZn. The molecule has 0 N–H and O–H groups in total. The molecule has 0 fully saturated rings. The van der Waals surface area contributed by atoms with Gasteiger partial charge in [-0.3, -0.25) is 0 Å². The number of carbonyl (C=O) groups excluding carboxylic acids is 1. The van der Waals surface area contributed by atoms with Gasteiger partial charge in [-0.2, -0.15) is 11.5 Å². The summed E-state index contributed by atoms with van der Waals surface area (Å²) in [4.78, 5) is 13.8. The molecule has 4 nitrogen and oxygen atoms in total. The number of fused-ring (bicyclic) bond motifs is 1. The molecule has 26 heavy (non-hydrogen) atoms. The van der Waals surface area contributed by atoms with Crippen LogP contribution in [0.2, 0.25) is 18.1 Å². The second kappa shape index (κ2) is 9.52. The Hall–Kier alpha value is -0.650. The van der Waals surface area contributed by atoms with Crippen LogP contribution >= 0.6 is 13.6 Å². The van der Waals surface area contributed by atoms with Gasteiger partial charge in [0, 0.05) is 13.1 Å². The number of rotatable bonds is 4. The standard InChI is InChI=1S/C19H29N2O2Si.BrH.Zn/c1-8-20(9-2)18(22)23-16-10-11-17-15(14-16)12-13-21(17)24(6,7)19(3,4)5;;/h10-11,13-14H,8-9H2,1-7H3;1H;/q-1;;+2/p-1. The number of carbonyl (C=O) groups is 1. The Morgan fingerprint density at radius 2 is 1.85 bits per heavy atom. The first-order chi connectivity index (χ1) is 12.1. The first-order valence-corrected chi connectivity index (χ1v) is 18.8. The molecule has 0 aliphatic heterocycles. The van der Waals surface area contributed by atoms with Gasteiger partial charge in [0.25, 0.3) is 0 Å². The van der Waals surface area contributed by atoms with E-state index in [1.54, 1.807) is 4.90 Å². The Bertz CT molecular complexity index is 737. The van der Waals surface area contributed by atoms with E-state index in [4.69, 9.17) is 4.74 Å². The average molecular weight is 491 g/mol. The number of nitrogens with zero attached hydrogens (tertiary/aromatic N) is 2. The SMILES string of the molecule is CCN(CC)C(=O)Oc1ccc2c([c-]cn2[Si](C)(C)C(C)(C)C)c1.[Zn+][Br]. The Morgan fingerprint density at radius 1 is 1.27 bits per heavy atom. The summed E-state index contributed by atoms with van der Waals surface area (Å²) in [6.45, 7) is 16.8. The molecule has 1 heterocycles. The summed E-state index contributed by atoms with van der Waals surface area (Å²) >= 11 is 4.25. The fourth-order valence-electron chi connectivity index (χ4n) is 2.58. The Labute approximate surface area is 175 Å². The van der Waals surface area contributed by atoms with Crippen LogP contribution in [0.25, 0.3) is 10.9 Å². The van der Waals surface area contributed by atoms with Crippen LogP contribution in [-0.2, 0) is 16.3 Å². The first kappa shape index (κ1) is 23.4. The Morgan fingerprint density at radius 3 is 2.35 bits per heavy atom. The monoisotopic (exact) mass is 488 g/mol. The van der Waals surface area contributed by atoms with Gasteiger partial charge in [-0.15, -0.1) is 6.07 Å². The van der Waals surface area contributed by atoms with Crippen LogP contribution in [-0.4, -0.2) is 36.6 Å². The van der Waals surface area contributed by atoms with Crippen LogP contribution in [0.4, 0.5) is 4.79 Å². The van der Waals surface area contributed by atoms with E-state index in [9.17, 15) is 4.79 Å². The molecule has 1 aromatic carbocycles. The summed E-state index contributed by atoms with van der Waals surface area (Å²) in [6.07, 6.45) is 1.75. The topological polar surface area (TPSA) is 34.5 Å². The molecule has 2 aromatic rings. The summed E-state index contributed by atoms with van der Waals surface area (Å²) < 4.78 is 7.88. The fraction of sp³-hybridized carbons (Fsp3) is 0.526. The summed E-state index contributed by atoms with van der Waals surface area (Å²) in [6, 6.07) is 9.15. The predicted octanol–water partition coefficient (Wildman–Crippen LogP) is 5.98. The summed E-state index contributed by atoms with van der Waals surface area (Å²) in [5.41, 5.74) is 1.16. The number of amides is 1. The van der Waals surface area contributed by atoms with Crippen molar-refractivity contribution in [3.63, 3.8) is 0 Å². The zero-order chi connectivity index (χ0) is 20.1. The number of halogens is 1. The summed E-state index contributed by atoms with van der Waals surface area (Å²) in [7, 11) is -1.70. The van der Waals surface area contributed by atoms with Crippen molar-refractivity contribution in [2.45, 2.75) is 52.8 Å². The number of benzene rings is 1. The van der Waals surface area contributed by atoms with Crippen molar-refractivity contribution >= 4 is 38.9 Å². The molecule has 0 atom stereocenters. The van der Waals surface area contributed by atoms with E-state index in [-0.39, 0.29) is 11.1 Å². The van der Waals surface area contributed by atoms with Gasteiger partial charge in [0.15, 0.2) is 0 Å². The van der Waals surface area contributed by atoms with E-state index >= 15 is 0 Å². The fourth-order valence-corrected chi connectivity index (χ4v) is 4.49. The molecule has 0 aliphatic rings. The molecule has 0 aliphatic carbocycles. The van der Waals surface area contributed by atoms with E-state index in [0.717, 1.165) is 10.9 Å². The van der Waals surface area contributed by atoms with Crippen LogP contribution in [0.1, 0.15) is 34.6 Å². The molecule has 0 saturated heterocycles. The number of ether oxygens (including phenoxy) is 1. The Balaban J connectivity index is 0.00000163. The van der Waals surface area contributed by atoms with E-state index in [1.165, 1.54) is 16.3 Å². The van der Waals surface area contributed by atoms with Gasteiger partial charge in [-0.25, -0.2) is 4.79 Å². The van der Waals surface area contributed by atoms with Gasteiger partial charge in [0.2, 0.25) is 0 Å². The van der Waals surface area contributed by atoms with Crippen molar-refractivity contribution in [1.29, 1.82) is 0 Å². The van der Waals surface area contributed by atoms with E-state index < -0.39 is 8.24 Å². The molecule has 0 spiro atoms. The molecule has 0 unspecified atom stereocenters. The third-order valence-electron chi connectivity index (χ3n) is 5.24. The van der Waals surface area contributed by atoms with Crippen LogP contribution < -0.4 is 4.74 Å². The molecule has 2 rings (SSSR count). The second-order valence-corrected chi connectivity index (χ2v) is 12.8. The van der Waals surface area contributed by atoms with Crippen LogP contribution in [0.3, 0.4) is 0 Å². The minimum atomic E-state index is -1.70. The van der Waals surface area contributed by atoms with Crippen molar-refractivity contribution in [1.82, 2.24) is 9.13 Å². The van der Waals surface area contributed by atoms with Crippen molar-refractivity contribution in [3.8, 4) is 5.75 Å². The van der Waals surface area contributed by atoms with Gasteiger partial charge in [-0.05, 0) is 25.0 Å². The van der Waals surface area contributed by atoms with E-state index in [1.807, 2.05) is 32.0 Å². The molecule has 1 amide bonds. The van der Waals surface area contributed by atoms with Crippen molar-refractivity contribution in [3.05, 3.63) is 30.5 Å². The van der Waals surface area contributed by atoms with Crippen molar-refractivity contribution in [2.24, 2.45) is 0 Å². The Kier molecular flexibility index (Phi) is 8.56. The number of aromatic nitrogens is 1. The minimum absolute atomic E-state index is 0.237. The zero-order valence-corrected chi connectivity index (χ0v) is 22.6. The maximum absolute atomic E-state index is 12.1. The van der Waals surface area contributed by atoms with Crippen LogP contribution in [0.5, 0.6) is 5.75 Å². The van der Waals surface area contributed by atoms with Crippen molar-refractivity contribution < 1.29 is 25.9 Å². The molecule has 0 saturated carbocycles. The second-order valence-electron chi connectivity index (χ2n) is 7.67. The van der Waals surface area contributed by atoms with Crippen LogP contribution in [0, 0.1) is 6.07 Å². The summed E-state index contributed by atoms with van der Waals surface area (Å²) in [5, 5.41) is 1.23. The van der Waals surface area contributed by atoms with Crippen LogP contribution in [0.15, 0.2) is 24.4 Å². The molecule has 0 radical (unpaired) electrons. The number of hydrogen-bond acceptors (Lipinski definition) is 2. The van der Waals surface area contributed by atoms with Gasteiger partial charge in [-0.1, -0.05) is 51.6 Å². The summed E-state index contributed by atoms with van der Waals surface area (Å²) in [5.74, 6) is 0.573. The third kappa shape index (κ3) is 4.99. The van der Waals surface area contributed by atoms with Gasteiger partial charge >= 0.3 is 36.1 Å². The molecule has 1 aromatic heterocycles. The first-order valence-electron chi connectivity index (χ1n) is 8.88. The maximum atomic E-state index is 12.1. The van der Waals surface area contributed by atoms with Crippen molar-refractivity contribution in [2.75, 3.05) is 13.1 Å². The predicted molar refractivity (Wildman–Crippen MR) is 111 cm³/mol. The normalized spacial score (nSPS) is 11.8. The van der Waals surface area contributed by atoms with Gasteiger partial charge in [0.05, 0.1) is 5.75 Å². The van der Waals surface area contributed by atoms with E-state index in [2.05, 4.69) is 64.0 Å². The average Bonchev–Trinajstić information content (AvgIpc) is 3.00. The molecule has 7 heteroatoms.